The molecule has 5 heteroatoms. The Kier molecular flexibility index (Phi) is 5.22. The number of piperidine rings is 2. The van der Waals surface area contributed by atoms with E-state index in [1.807, 2.05) is 12.1 Å². The molecule has 3 fully saturated rings. The topological polar surface area (TPSA) is 38.8 Å². The molecule has 0 saturated carbocycles. The lowest BCUT2D eigenvalue weighted by Crippen LogP contribution is -2.51. The third kappa shape index (κ3) is 3.69. The standard InChI is InChI=1S/C23H34BNO3/c1-22(2)23(3,4)28-24(27-22)18-11-9-16(10-12-18)13-21(26)17-14-19-7-6-8-20(15-17)25(19)5/h9-12,17,19-20H,6-8,13-15H2,1-5H3. The molecule has 3 aliphatic rings. The van der Waals surface area contributed by atoms with Crippen LogP contribution in [0.15, 0.2) is 24.3 Å². The Labute approximate surface area is 170 Å². The molecular formula is C23H34BNO3. The van der Waals surface area contributed by atoms with Crippen molar-refractivity contribution in [1.82, 2.24) is 4.90 Å². The third-order valence-electron chi connectivity index (χ3n) is 7.68. The summed E-state index contributed by atoms with van der Waals surface area (Å²) < 4.78 is 12.2. The van der Waals surface area contributed by atoms with E-state index in [4.69, 9.17) is 9.31 Å². The molecule has 3 aliphatic heterocycles. The fourth-order valence-corrected chi connectivity index (χ4v) is 5.00. The predicted molar refractivity (Wildman–Crippen MR) is 113 cm³/mol. The molecule has 4 nitrogen and oxygen atoms in total. The number of carbonyl (C=O) groups excluding carboxylic acids is 1. The first-order valence-electron chi connectivity index (χ1n) is 10.9. The van der Waals surface area contributed by atoms with E-state index in [1.54, 1.807) is 0 Å². The van der Waals surface area contributed by atoms with E-state index in [-0.39, 0.29) is 24.2 Å². The number of hydrogen-bond donors (Lipinski definition) is 0. The van der Waals surface area contributed by atoms with Crippen LogP contribution in [-0.4, -0.2) is 48.1 Å². The van der Waals surface area contributed by atoms with E-state index in [0.717, 1.165) is 23.9 Å². The van der Waals surface area contributed by atoms with Gasteiger partial charge < -0.3 is 14.2 Å². The number of rotatable bonds is 4. The van der Waals surface area contributed by atoms with Gasteiger partial charge >= 0.3 is 7.12 Å². The first kappa shape index (κ1) is 20.1. The van der Waals surface area contributed by atoms with Crippen LogP contribution in [0.3, 0.4) is 0 Å². The number of carbonyl (C=O) groups is 1. The molecule has 0 amide bonds. The molecule has 2 bridgehead atoms. The Morgan fingerprint density at radius 2 is 1.57 bits per heavy atom. The van der Waals surface area contributed by atoms with Gasteiger partial charge in [0.1, 0.15) is 5.78 Å². The Hall–Kier alpha value is -1.17. The van der Waals surface area contributed by atoms with E-state index in [2.05, 4.69) is 51.8 Å². The van der Waals surface area contributed by atoms with Gasteiger partial charge in [-0.1, -0.05) is 30.7 Å². The van der Waals surface area contributed by atoms with Gasteiger partial charge in [-0.25, -0.2) is 0 Å². The second kappa shape index (κ2) is 7.26. The summed E-state index contributed by atoms with van der Waals surface area (Å²) in [6.07, 6.45) is 6.44. The van der Waals surface area contributed by atoms with Crippen molar-refractivity contribution in [2.75, 3.05) is 7.05 Å². The lowest BCUT2D eigenvalue weighted by Gasteiger charge is -2.46. The van der Waals surface area contributed by atoms with Crippen molar-refractivity contribution in [1.29, 1.82) is 0 Å². The maximum atomic E-state index is 12.9. The highest BCUT2D eigenvalue weighted by molar-refractivity contribution is 6.62. The molecule has 3 saturated heterocycles. The van der Waals surface area contributed by atoms with Crippen LogP contribution in [0.4, 0.5) is 0 Å². The van der Waals surface area contributed by atoms with Crippen LogP contribution in [0.2, 0.25) is 0 Å². The molecule has 0 aliphatic carbocycles. The summed E-state index contributed by atoms with van der Waals surface area (Å²) in [6.45, 7) is 8.27. The summed E-state index contributed by atoms with van der Waals surface area (Å²) in [5.41, 5.74) is 1.44. The molecule has 2 unspecified atom stereocenters. The minimum atomic E-state index is -0.344. The summed E-state index contributed by atoms with van der Waals surface area (Å²) in [5.74, 6) is 0.641. The fourth-order valence-electron chi connectivity index (χ4n) is 5.00. The average Bonchev–Trinajstić information content (AvgIpc) is 2.83. The zero-order valence-corrected chi connectivity index (χ0v) is 18.0. The predicted octanol–water partition coefficient (Wildman–Crippen LogP) is 3.36. The van der Waals surface area contributed by atoms with Crippen molar-refractivity contribution in [2.24, 2.45) is 5.92 Å². The molecule has 28 heavy (non-hydrogen) atoms. The minimum Gasteiger partial charge on any atom is -0.399 e. The number of benzene rings is 1. The summed E-state index contributed by atoms with van der Waals surface area (Å²) >= 11 is 0. The number of hydrogen-bond acceptors (Lipinski definition) is 4. The van der Waals surface area contributed by atoms with Gasteiger partial charge in [0.15, 0.2) is 0 Å². The van der Waals surface area contributed by atoms with E-state index in [0.29, 0.717) is 24.3 Å². The first-order valence-corrected chi connectivity index (χ1v) is 10.9. The van der Waals surface area contributed by atoms with E-state index in [9.17, 15) is 4.79 Å². The Morgan fingerprint density at radius 3 is 2.11 bits per heavy atom. The molecule has 1 aromatic rings. The van der Waals surface area contributed by atoms with Crippen LogP contribution in [0, 0.1) is 5.92 Å². The molecule has 3 heterocycles. The quantitative estimate of drug-likeness (QED) is 0.748. The Balaban J connectivity index is 1.38. The van der Waals surface area contributed by atoms with Crippen LogP contribution >= 0.6 is 0 Å². The van der Waals surface area contributed by atoms with Crippen LogP contribution in [0.25, 0.3) is 0 Å². The number of ketones is 1. The molecule has 152 valence electrons. The molecule has 0 N–H and O–H groups in total. The Morgan fingerprint density at radius 1 is 1.04 bits per heavy atom. The SMILES string of the molecule is CN1C2CCCC1CC(C(=O)Cc1ccc(B3OC(C)(C)C(C)(C)O3)cc1)C2. The van der Waals surface area contributed by atoms with Crippen LogP contribution in [-0.2, 0) is 20.5 Å². The van der Waals surface area contributed by atoms with Crippen molar-refractivity contribution in [3.63, 3.8) is 0 Å². The molecule has 2 atom stereocenters. The fraction of sp³-hybridized carbons (Fsp3) is 0.696. The monoisotopic (exact) mass is 383 g/mol. The van der Waals surface area contributed by atoms with E-state index < -0.39 is 0 Å². The van der Waals surface area contributed by atoms with Gasteiger partial charge in [-0.05, 0) is 71.5 Å². The van der Waals surface area contributed by atoms with Gasteiger partial charge in [-0.2, -0.15) is 0 Å². The average molecular weight is 383 g/mol. The van der Waals surface area contributed by atoms with E-state index >= 15 is 0 Å². The largest absolute Gasteiger partial charge is 0.494 e. The second-order valence-corrected chi connectivity index (χ2v) is 10.0. The third-order valence-corrected chi connectivity index (χ3v) is 7.68. The molecule has 0 spiro atoms. The van der Waals surface area contributed by atoms with Crippen molar-refractivity contribution in [2.45, 2.75) is 89.5 Å². The summed E-state index contributed by atoms with van der Waals surface area (Å²) in [4.78, 5) is 15.5. The highest BCUT2D eigenvalue weighted by Gasteiger charge is 2.51. The smallest absolute Gasteiger partial charge is 0.399 e. The number of nitrogens with zero attached hydrogens (tertiary/aromatic N) is 1. The van der Waals surface area contributed by atoms with Crippen molar-refractivity contribution >= 4 is 18.4 Å². The lowest BCUT2D eigenvalue weighted by atomic mass is 9.75. The van der Waals surface area contributed by atoms with Gasteiger partial charge in [0.25, 0.3) is 0 Å². The first-order chi connectivity index (χ1) is 13.2. The normalized spacial score (nSPS) is 31.8. The minimum absolute atomic E-state index is 0.231. The number of fused-ring (bicyclic) bond motifs is 2. The van der Waals surface area contributed by atoms with Crippen LogP contribution < -0.4 is 5.46 Å². The molecule has 4 rings (SSSR count). The van der Waals surface area contributed by atoms with Gasteiger partial charge in [0.2, 0.25) is 0 Å². The maximum absolute atomic E-state index is 12.9. The van der Waals surface area contributed by atoms with Crippen molar-refractivity contribution < 1.29 is 14.1 Å². The summed E-state index contributed by atoms with van der Waals surface area (Å²) in [6, 6.07) is 9.43. The van der Waals surface area contributed by atoms with Crippen LogP contribution in [0.1, 0.15) is 65.4 Å². The zero-order chi connectivity index (χ0) is 20.1. The zero-order valence-electron chi connectivity index (χ0n) is 18.0. The molecule has 1 aromatic carbocycles. The summed E-state index contributed by atoms with van der Waals surface area (Å²) in [5, 5.41) is 0. The number of Topliss-reactive ketones (excluding diaryl/α,β-unsaturated/α-hetero) is 1. The van der Waals surface area contributed by atoms with Crippen LogP contribution in [0.5, 0.6) is 0 Å². The summed E-state index contributed by atoms with van der Waals surface area (Å²) in [7, 11) is 1.90. The Bertz CT molecular complexity index is 700. The van der Waals surface area contributed by atoms with E-state index in [1.165, 1.54) is 19.3 Å². The van der Waals surface area contributed by atoms with Gasteiger partial charge in [0, 0.05) is 24.4 Å². The highest BCUT2D eigenvalue weighted by Crippen LogP contribution is 2.37. The van der Waals surface area contributed by atoms with Gasteiger partial charge in [0.05, 0.1) is 11.2 Å². The molecule has 0 radical (unpaired) electrons. The van der Waals surface area contributed by atoms with Gasteiger partial charge in [-0.3, -0.25) is 4.79 Å². The second-order valence-electron chi connectivity index (χ2n) is 10.0. The van der Waals surface area contributed by atoms with Crippen molar-refractivity contribution in [3.05, 3.63) is 29.8 Å². The van der Waals surface area contributed by atoms with Crippen molar-refractivity contribution in [3.8, 4) is 0 Å². The molecular weight excluding hydrogens is 349 g/mol. The molecule has 0 aromatic heterocycles. The maximum Gasteiger partial charge on any atom is 0.494 e. The highest BCUT2D eigenvalue weighted by atomic mass is 16.7. The lowest BCUT2D eigenvalue weighted by molar-refractivity contribution is -0.125. The van der Waals surface area contributed by atoms with Gasteiger partial charge in [-0.15, -0.1) is 0 Å².